The third kappa shape index (κ3) is 1.61. The first kappa shape index (κ1) is 10.1. The number of rotatable bonds is 2. The second-order valence-electron chi connectivity index (χ2n) is 5.24. The molecule has 0 amide bonds. The monoisotopic (exact) mass is 212 g/mol. The molecule has 4 atom stereocenters. The smallest absolute Gasteiger partial charge is 0.0971 e. The average Bonchev–Trinajstić information content (AvgIpc) is 2.48. The van der Waals surface area contributed by atoms with Gasteiger partial charge in [-0.1, -0.05) is 0 Å². The van der Waals surface area contributed by atoms with Gasteiger partial charge in [0.2, 0.25) is 0 Å². The van der Waals surface area contributed by atoms with Crippen LogP contribution in [-0.4, -0.2) is 35.6 Å². The zero-order valence-electron chi connectivity index (χ0n) is 9.15. The van der Waals surface area contributed by atoms with Crippen LogP contribution in [0.4, 0.5) is 0 Å². The minimum absolute atomic E-state index is 0.0288. The van der Waals surface area contributed by atoms with E-state index >= 15 is 0 Å². The number of fused-ring (bicyclic) bond motifs is 1. The first-order valence-corrected chi connectivity index (χ1v) is 6.26. The summed E-state index contributed by atoms with van der Waals surface area (Å²) in [5.41, 5.74) is 0.0288. The number of hydrogen-bond donors (Lipinski definition) is 1. The molecule has 0 radical (unpaired) electrons. The molecule has 2 heterocycles. The quantitative estimate of drug-likeness (QED) is 0.756. The maximum Gasteiger partial charge on any atom is 0.0971 e. The van der Waals surface area contributed by atoms with E-state index in [1.165, 1.54) is 12.8 Å². The van der Waals surface area contributed by atoms with Crippen molar-refractivity contribution in [3.05, 3.63) is 0 Å². The van der Waals surface area contributed by atoms with E-state index in [-0.39, 0.29) is 18.3 Å². The largest absolute Gasteiger partial charge is 0.396 e. The Bertz CT molecular complexity index is 243. The normalized spacial score (nSPS) is 49.0. The van der Waals surface area contributed by atoms with E-state index in [1.807, 2.05) is 0 Å². The molecule has 1 aliphatic carbocycles. The lowest BCUT2D eigenvalue weighted by atomic mass is 9.78. The summed E-state index contributed by atoms with van der Waals surface area (Å²) in [7, 11) is 0. The Kier molecular flexibility index (Phi) is 2.49. The third-order valence-corrected chi connectivity index (χ3v) is 4.25. The fourth-order valence-corrected chi connectivity index (χ4v) is 3.57. The number of ether oxygens (including phenoxy) is 2. The second-order valence-corrected chi connectivity index (χ2v) is 5.24. The molecule has 15 heavy (non-hydrogen) atoms. The van der Waals surface area contributed by atoms with E-state index in [0.717, 1.165) is 32.1 Å². The molecule has 3 aliphatic rings. The van der Waals surface area contributed by atoms with Crippen LogP contribution in [0, 0.1) is 0 Å². The average molecular weight is 212 g/mol. The molecule has 2 bridgehead atoms. The molecular formula is C12H20O3. The van der Waals surface area contributed by atoms with E-state index in [0.29, 0.717) is 12.2 Å². The Labute approximate surface area is 90.8 Å². The lowest BCUT2D eigenvalue weighted by Gasteiger charge is -2.42. The maximum absolute atomic E-state index is 8.97. The van der Waals surface area contributed by atoms with Crippen LogP contribution in [0.15, 0.2) is 0 Å². The summed E-state index contributed by atoms with van der Waals surface area (Å²) in [6.45, 7) is 0.246. The molecule has 1 saturated carbocycles. The highest BCUT2D eigenvalue weighted by molar-refractivity contribution is 5.03. The fraction of sp³-hybridized carbons (Fsp3) is 1.00. The maximum atomic E-state index is 8.97. The second kappa shape index (κ2) is 3.72. The van der Waals surface area contributed by atoms with Crippen LogP contribution in [0.5, 0.6) is 0 Å². The van der Waals surface area contributed by atoms with Gasteiger partial charge in [0.15, 0.2) is 0 Å². The number of hydrogen-bond acceptors (Lipinski definition) is 3. The summed E-state index contributed by atoms with van der Waals surface area (Å²) in [6, 6.07) is 0. The SMILES string of the molecule is OCC[C@H]1CCC2OC3CCCC2(C3)O1. The van der Waals surface area contributed by atoms with E-state index in [2.05, 4.69) is 0 Å². The van der Waals surface area contributed by atoms with E-state index < -0.39 is 0 Å². The predicted molar refractivity (Wildman–Crippen MR) is 55.7 cm³/mol. The van der Waals surface area contributed by atoms with E-state index in [1.54, 1.807) is 0 Å². The van der Waals surface area contributed by atoms with Crippen LogP contribution in [0.1, 0.15) is 44.9 Å². The Morgan fingerprint density at radius 1 is 1.27 bits per heavy atom. The lowest BCUT2D eigenvalue weighted by Crippen LogP contribution is -2.49. The number of aliphatic hydroxyl groups is 1. The molecular weight excluding hydrogens is 192 g/mol. The highest BCUT2D eigenvalue weighted by Crippen LogP contribution is 2.49. The molecule has 1 spiro atoms. The summed E-state index contributed by atoms with van der Waals surface area (Å²) >= 11 is 0. The molecule has 2 aliphatic heterocycles. The zero-order chi connectivity index (χ0) is 10.3. The Hall–Kier alpha value is -0.120. The van der Waals surface area contributed by atoms with Gasteiger partial charge in [-0.05, 0) is 38.5 Å². The summed E-state index contributed by atoms with van der Waals surface area (Å²) in [4.78, 5) is 0. The van der Waals surface area contributed by atoms with E-state index in [4.69, 9.17) is 14.6 Å². The van der Waals surface area contributed by atoms with Crippen molar-refractivity contribution < 1.29 is 14.6 Å². The van der Waals surface area contributed by atoms with Crippen LogP contribution < -0.4 is 0 Å². The first-order valence-electron chi connectivity index (χ1n) is 6.26. The minimum Gasteiger partial charge on any atom is -0.396 e. The fourth-order valence-electron chi connectivity index (χ4n) is 3.57. The molecule has 3 nitrogen and oxygen atoms in total. The van der Waals surface area contributed by atoms with Crippen molar-refractivity contribution in [1.29, 1.82) is 0 Å². The highest BCUT2D eigenvalue weighted by Gasteiger charge is 2.54. The molecule has 1 N–H and O–H groups in total. The molecule has 3 heteroatoms. The molecule has 0 aromatic rings. The van der Waals surface area contributed by atoms with Gasteiger partial charge < -0.3 is 14.6 Å². The molecule has 86 valence electrons. The lowest BCUT2D eigenvalue weighted by molar-refractivity contribution is -0.168. The van der Waals surface area contributed by atoms with Crippen LogP contribution in [0.3, 0.4) is 0 Å². The summed E-state index contributed by atoms with van der Waals surface area (Å²) in [5.74, 6) is 0. The van der Waals surface area contributed by atoms with Crippen LogP contribution in [-0.2, 0) is 9.47 Å². The van der Waals surface area contributed by atoms with Gasteiger partial charge in [0, 0.05) is 13.0 Å². The zero-order valence-corrected chi connectivity index (χ0v) is 9.15. The van der Waals surface area contributed by atoms with Crippen molar-refractivity contribution in [1.82, 2.24) is 0 Å². The first-order chi connectivity index (χ1) is 7.32. The summed E-state index contributed by atoms with van der Waals surface area (Å²) in [6.07, 6.45) is 8.76. The summed E-state index contributed by atoms with van der Waals surface area (Å²) in [5, 5.41) is 8.97. The van der Waals surface area contributed by atoms with Gasteiger partial charge in [-0.2, -0.15) is 0 Å². The molecule has 0 aromatic heterocycles. The molecule has 3 rings (SSSR count). The van der Waals surface area contributed by atoms with Gasteiger partial charge in [-0.3, -0.25) is 0 Å². The topological polar surface area (TPSA) is 38.7 Å². The molecule has 3 fully saturated rings. The van der Waals surface area contributed by atoms with Crippen LogP contribution >= 0.6 is 0 Å². The van der Waals surface area contributed by atoms with Gasteiger partial charge in [0.05, 0.1) is 23.9 Å². The van der Waals surface area contributed by atoms with Gasteiger partial charge >= 0.3 is 0 Å². The molecule has 2 saturated heterocycles. The molecule has 3 unspecified atom stereocenters. The van der Waals surface area contributed by atoms with Crippen LogP contribution in [0.25, 0.3) is 0 Å². The summed E-state index contributed by atoms with van der Waals surface area (Å²) < 4.78 is 12.2. The third-order valence-electron chi connectivity index (χ3n) is 4.25. The van der Waals surface area contributed by atoms with Crippen molar-refractivity contribution in [3.8, 4) is 0 Å². The van der Waals surface area contributed by atoms with Crippen molar-refractivity contribution in [2.24, 2.45) is 0 Å². The Balaban J connectivity index is 1.74. The molecule has 0 aromatic carbocycles. The van der Waals surface area contributed by atoms with Gasteiger partial charge in [0.25, 0.3) is 0 Å². The van der Waals surface area contributed by atoms with Gasteiger partial charge in [0.1, 0.15) is 0 Å². The number of aliphatic hydroxyl groups excluding tert-OH is 1. The van der Waals surface area contributed by atoms with Crippen LogP contribution in [0.2, 0.25) is 0 Å². The minimum atomic E-state index is 0.0288. The van der Waals surface area contributed by atoms with Crippen molar-refractivity contribution in [3.63, 3.8) is 0 Å². The van der Waals surface area contributed by atoms with Crippen molar-refractivity contribution in [2.75, 3.05) is 6.61 Å². The standard InChI is InChI=1S/C12H20O3/c13-7-5-9-3-4-11-12(15-9)6-1-2-10(8-12)14-11/h9-11,13H,1-8H2/t9-,10?,11?,12?/m1/s1. The Morgan fingerprint density at radius 2 is 2.20 bits per heavy atom. The van der Waals surface area contributed by atoms with E-state index in [9.17, 15) is 0 Å². The van der Waals surface area contributed by atoms with Crippen molar-refractivity contribution in [2.45, 2.75) is 68.9 Å². The van der Waals surface area contributed by atoms with Gasteiger partial charge in [-0.25, -0.2) is 0 Å². The van der Waals surface area contributed by atoms with Crippen molar-refractivity contribution >= 4 is 0 Å². The Morgan fingerprint density at radius 3 is 3.07 bits per heavy atom. The predicted octanol–water partition coefficient (Wildman–Crippen LogP) is 1.63. The highest BCUT2D eigenvalue weighted by atomic mass is 16.6. The van der Waals surface area contributed by atoms with Gasteiger partial charge in [-0.15, -0.1) is 0 Å².